The van der Waals surface area contributed by atoms with Crippen molar-refractivity contribution in [2.45, 2.75) is 30.2 Å². The Morgan fingerprint density at radius 1 is 1.15 bits per heavy atom. The first kappa shape index (κ1) is 26.6. The summed E-state index contributed by atoms with van der Waals surface area (Å²) in [6.07, 6.45) is 5.18. The number of alkyl halides is 3. The first-order valence-electron chi connectivity index (χ1n) is 9.47. The van der Waals surface area contributed by atoms with Crippen LogP contribution in [0.25, 0.3) is 0 Å². The minimum atomic E-state index is -6.09. The smallest absolute Gasteiger partial charge is 0.485 e. The van der Waals surface area contributed by atoms with E-state index in [1.165, 1.54) is 16.5 Å². The molecule has 2 heterocycles. The summed E-state index contributed by atoms with van der Waals surface area (Å²) in [6.45, 7) is 0.980. The van der Waals surface area contributed by atoms with E-state index in [-0.39, 0.29) is 6.61 Å². The molecule has 0 N–H and O–H groups in total. The van der Waals surface area contributed by atoms with Gasteiger partial charge in [-0.15, -0.1) is 3.97 Å². The van der Waals surface area contributed by atoms with E-state index in [2.05, 4.69) is 0 Å². The van der Waals surface area contributed by atoms with Crippen LogP contribution in [0.2, 0.25) is 0 Å². The fourth-order valence-corrected chi connectivity index (χ4v) is 4.55. The van der Waals surface area contributed by atoms with Gasteiger partial charge in [-0.1, -0.05) is 30.3 Å². The molecule has 1 aromatic heterocycles. The third kappa shape index (κ3) is 7.43. The van der Waals surface area contributed by atoms with Gasteiger partial charge in [0.2, 0.25) is 0 Å². The highest BCUT2D eigenvalue weighted by Crippen LogP contribution is 2.21. The van der Waals surface area contributed by atoms with Crippen LogP contribution in [-0.2, 0) is 38.5 Å². The van der Waals surface area contributed by atoms with Gasteiger partial charge in [0.25, 0.3) is 6.33 Å². The van der Waals surface area contributed by atoms with E-state index in [1.807, 2.05) is 30.3 Å². The molecule has 1 amide bonds. The van der Waals surface area contributed by atoms with Gasteiger partial charge in [0.1, 0.15) is 24.3 Å². The van der Waals surface area contributed by atoms with Crippen LogP contribution in [0.5, 0.6) is 0 Å². The molecular weight excluding hydrogens is 491 g/mol. The summed E-state index contributed by atoms with van der Waals surface area (Å²) in [5.41, 5.74) is -4.72. The number of rotatable bonds is 4. The summed E-state index contributed by atoms with van der Waals surface area (Å²) in [7, 11) is -7.74. The van der Waals surface area contributed by atoms with Crippen molar-refractivity contribution in [3.05, 3.63) is 54.6 Å². The Kier molecular flexibility index (Phi) is 8.48. The van der Waals surface area contributed by atoms with Crippen LogP contribution in [0.15, 0.2) is 49.1 Å². The molecule has 33 heavy (non-hydrogen) atoms. The Labute approximate surface area is 189 Å². The molecule has 2 aromatic rings. The molecule has 0 spiro atoms. The number of imidazole rings is 1. The lowest BCUT2D eigenvalue weighted by Crippen LogP contribution is -2.44. The maximum atomic E-state index is 12.6. The molecule has 0 bridgehead atoms. The zero-order valence-electron chi connectivity index (χ0n) is 17.4. The van der Waals surface area contributed by atoms with Gasteiger partial charge in [-0.25, -0.2) is 17.8 Å². The van der Waals surface area contributed by atoms with Crippen LogP contribution in [0.4, 0.5) is 18.0 Å². The first-order chi connectivity index (χ1) is 15.2. The van der Waals surface area contributed by atoms with Crippen molar-refractivity contribution in [3.8, 4) is 0 Å². The molecule has 10 nitrogen and oxygen atoms in total. The summed E-state index contributed by atoms with van der Waals surface area (Å²) in [6, 6.07) is 9.47. The summed E-state index contributed by atoms with van der Waals surface area (Å²) < 4.78 is 92.4. The normalized spacial score (nSPS) is 15.5. The average Bonchev–Trinajstić information content (AvgIpc) is 3.19. The number of carbonyl (C=O) groups is 1. The predicted molar refractivity (Wildman–Crippen MR) is 107 cm³/mol. The second kappa shape index (κ2) is 10.5. The highest BCUT2D eigenvalue weighted by Gasteiger charge is 2.37. The third-order valence-electron chi connectivity index (χ3n) is 4.65. The van der Waals surface area contributed by atoms with Gasteiger partial charge in [0.05, 0.1) is 7.05 Å². The van der Waals surface area contributed by atoms with Gasteiger partial charge in [-0.3, -0.25) is 0 Å². The predicted octanol–water partition coefficient (Wildman–Crippen LogP) is 1.34. The SMILES string of the molecule is C[n+]1ccn(S(=O)(=O)C2CCN(C(=O)OCc3ccccc3)CC2)c1.O=S(=O)([O-])C(F)(F)F. The zero-order chi connectivity index (χ0) is 24.9. The third-order valence-corrected chi connectivity index (χ3v) is 7.33. The van der Waals surface area contributed by atoms with E-state index in [0.29, 0.717) is 25.9 Å². The van der Waals surface area contributed by atoms with E-state index < -0.39 is 37.0 Å². The lowest BCUT2D eigenvalue weighted by molar-refractivity contribution is -0.670. The Balaban J connectivity index is 0.000000414. The van der Waals surface area contributed by atoms with E-state index in [1.54, 1.807) is 22.7 Å². The minimum absolute atomic E-state index is 0.220. The molecule has 0 atom stereocenters. The van der Waals surface area contributed by atoms with Crippen molar-refractivity contribution >= 4 is 26.2 Å². The van der Waals surface area contributed by atoms with Crippen LogP contribution >= 0.6 is 0 Å². The molecule has 1 fully saturated rings. The number of likely N-dealkylation sites (tertiary alicyclic amines) is 1. The van der Waals surface area contributed by atoms with Crippen molar-refractivity contribution < 1.29 is 48.7 Å². The molecule has 1 aliphatic heterocycles. The second-order valence-electron chi connectivity index (χ2n) is 7.08. The molecule has 1 aromatic carbocycles. The topological polar surface area (TPSA) is 130 Å². The Bertz CT molecular complexity index is 1140. The molecule has 1 aliphatic rings. The number of benzene rings is 1. The van der Waals surface area contributed by atoms with Crippen LogP contribution in [0.3, 0.4) is 0 Å². The largest absolute Gasteiger partial charge is 0.741 e. The van der Waals surface area contributed by atoms with Gasteiger partial charge in [0, 0.05) is 13.1 Å². The quantitative estimate of drug-likeness (QED) is 0.343. The number of hydrogen-bond donors (Lipinski definition) is 0. The molecule has 1 saturated heterocycles. The number of nitrogens with zero attached hydrogens (tertiary/aromatic N) is 3. The lowest BCUT2D eigenvalue weighted by atomic mass is 10.1. The number of ether oxygens (including phenoxy) is 1. The zero-order valence-corrected chi connectivity index (χ0v) is 19.0. The van der Waals surface area contributed by atoms with E-state index in [4.69, 9.17) is 17.7 Å². The van der Waals surface area contributed by atoms with E-state index in [0.717, 1.165) is 5.56 Å². The Morgan fingerprint density at radius 2 is 1.70 bits per heavy atom. The van der Waals surface area contributed by atoms with Gasteiger partial charge < -0.3 is 14.2 Å². The van der Waals surface area contributed by atoms with Gasteiger partial charge in [-0.2, -0.15) is 21.6 Å². The molecule has 15 heteroatoms. The summed E-state index contributed by atoms with van der Waals surface area (Å²) in [4.78, 5) is 13.7. The van der Waals surface area contributed by atoms with E-state index >= 15 is 0 Å². The van der Waals surface area contributed by atoms with Crippen molar-refractivity contribution in [1.29, 1.82) is 0 Å². The number of amides is 1. The van der Waals surface area contributed by atoms with Crippen molar-refractivity contribution in [2.24, 2.45) is 7.05 Å². The van der Waals surface area contributed by atoms with E-state index in [9.17, 15) is 26.4 Å². The Hall–Kier alpha value is -2.65. The molecule has 0 aliphatic carbocycles. The maximum absolute atomic E-state index is 12.6. The van der Waals surface area contributed by atoms with Crippen LogP contribution in [-0.4, -0.2) is 60.2 Å². The summed E-state index contributed by atoms with van der Waals surface area (Å²) >= 11 is 0. The fourth-order valence-electron chi connectivity index (χ4n) is 2.90. The molecule has 184 valence electrons. The highest BCUT2D eigenvalue weighted by molar-refractivity contribution is 7.90. The monoisotopic (exact) mass is 513 g/mol. The standard InChI is InChI=1S/C17H22N3O4S.CHF3O3S/c1-18-11-12-20(14-18)25(22,23)16-7-9-19(10-8-16)17(21)24-13-15-5-3-2-4-6-15;2-1(3,4)8(5,6)7/h2-6,11-12,14,16H,7-10,13H2,1H3;(H,5,6,7)/q+1;/p-1. The molecule has 0 unspecified atom stereocenters. The van der Waals surface area contributed by atoms with Crippen LogP contribution in [0, 0.1) is 0 Å². The number of aromatic nitrogens is 2. The van der Waals surface area contributed by atoms with Crippen LogP contribution in [0.1, 0.15) is 18.4 Å². The molecule has 3 rings (SSSR count). The molecule has 0 radical (unpaired) electrons. The number of carbonyl (C=O) groups excluding carboxylic acids is 1. The van der Waals surface area contributed by atoms with Crippen LogP contribution < -0.4 is 4.57 Å². The van der Waals surface area contributed by atoms with Gasteiger partial charge in [0.15, 0.2) is 10.1 Å². The Morgan fingerprint density at radius 3 is 2.15 bits per heavy atom. The minimum Gasteiger partial charge on any atom is -0.741 e. The number of piperidine rings is 1. The van der Waals surface area contributed by atoms with Gasteiger partial charge in [-0.05, 0) is 18.4 Å². The van der Waals surface area contributed by atoms with Crippen molar-refractivity contribution in [3.63, 3.8) is 0 Å². The second-order valence-corrected chi connectivity index (χ2v) is 10.6. The van der Waals surface area contributed by atoms with Gasteiger partial charge >= 0.3 is 21.6 Å². The number of halogens is 3. The molecule has 0 saturated carbocycles. The fraction of sp³-hybridized carbons (Fsp3) is 0.444. The molecular formula is C18H22F3N3O7S2. The number of hydrogen-bond acceptors (Lipinski definition) is 7. The van der Waals surface area contributed by atoms with Crippen molar-refractivity contribution in [2.75, 3.05) is 13.1 Å². The van der Waals surface area contributed by atoms with Crippen molar-refractivity contribution in [1.82, 2.24) is 8.87 Å². The maximum Gasteiger partial charge on any atom is 0.485 e. The highest BCUT2D eigenvalue weighted by atomic mass is 32.2. The summed E-state index contributed by atoms with van der Waals surface area (Å²) in [5.74, 6) is 0. The number of aryl methyl sites for hydroxylation is 1. The average molecular weight is 514 g/mol. The first-order valence-corrected chi connectivity index (χ1v) is 12.4. The summed E-state index contributed by atoms with van der Waals surface area (Å²) in [5, 5.41) is -0.488. The lowest BCUT2D eigenvalue weighted by Gasteiger charge is -2.29.